The summed E-state index contributed by atoms with van der Waals surface area (Å²) in [6.07, 6.45) is 9.30. The average Bonchev–Trinajstić information content (AvgIpc) is 4.18. The molecule has 5 N–H and O–H groups in total. The lowest BCUT2D eigenvalue weighted by molar-refractivity contribution is -0.142. The van der Waals surface area contributed by atoms with Gasteiger partial charge in [-0.1, -0.05) is 48.5 Å². The number of nitrogens with two attached hydrogens (primary N) is 1. The number of carbonyl (C=O) groups excluding carboxylic acids is 3. The highest BCUT2D eigenvalue weighted by Crippen LogP contribution is 2.39. The Labute approximate surface area is 452 Å². The van der Waals surface area contributed by atoms with Crippen molar-refractivity contribution in [3.05, 3.63) is 82.9 Å². The van der Waals surface area contributed by atoms with Crippen LogP contribution in [-0.2, 0) is 27.5 Å². The second kappa shape index (κ2) is 23.9. The molecule has 4 aliphatic rings. The molecule has 4 fully saturated rings. The molecule has 4 atom stereocenters. The second-order valence-corrected chi connectivity index (χ2v) is 22.7. The Bertz CT molecular complexity index is 2840. The van der Waals surface area contributed by atoms with Crippen LogP contribution in [0.25, 0.3) is 11.3 Å². The Morgan fingerprint density at radius 2 is 1.72 bits per heavy atom. The molecule has 0 radical (unpaired) electrons. The minimum absolute atomic E-state index is 0.0101. The summed E-state index contributed by atoms with van der Waals surface area (Å²) in [6, 6.07) is 6.27. The van der Waals surface area contributed by atoms with E-state index < -0.39 is 36.0 Å². The zero-order chi connectivity index (χ0) is 53.8. The number of halogens is 2. The lowest BCUT2D eigenvalue weighted by Crippen LogP contribution is -2.52. The number of hydrogen-bond acceptors (Lipinski definition) is 16. The van der Waals surface area contributed by atoms with Crippen molar-refractivity contribution in [2.45, 2.75) is 126 Å². The Hall–Kier alpha value is -5.78. The number of nitrogens with one attached hydrogen (secondary N) is 1. The van der Waals surface area contributed by atoms with Gasteiger partial charge < -0.3 is 40.9 Å². The predicted octanol–water partition coefficient (Wildman–Crippen LogP) is 4.88. The van der Waals surface area contributed by atoms with Crippen molar-refractivity contribution in [1.82, 2.24) is 59.7 Å². The fourth-order valence-corrected chi connectivity index (χ4v) is 12.2. The number of carbonyl (C=O) groups is 3. The van der Waals surface area contributed by atoms with Crippen LogP contribution in [-0.4, -0.2) is 165 Å². The minimum atomic E-state index is -0.960. The largest absolute Gasteiger partial charge is 0.391 e. The van der Waals surface area contributed by atoms with E-state index in [1.165, 1.54) is 27.4 Å². The van der Waals surface area contributed by atoms with E-state index in [0.29, 0.717) is 122 Å². The lowest BCUT2D eigenvalue weighted by Gasteiger charge is -2.39. The highest BCUT2D eigenvalue weighted by Gasteiger charge is 2.43. The van der Waals surface area contributed by atoms with Crippen LogP contribution >= 0.6 is 23.4 Å². The van der Waals surface area contributed by atoms with Crippen LogP contribution in [0.5, 0.6) is 0 Å². The number of benzene rings is 1. The number of hydrogen-bond donors (Lipinski definition) is 4. The Balaban J connectivity index is 0.810. The normalized spacial score (nSPS) is 20.4. The van der Waals surface area contributed by atoms with Crippen molar-refractivity contribution in [2.24, 2.45) is 17.6 Å². The second-order valence-electron chi connectivity index (χ2n) is 21.3. The molecule has 4 aliphatic heterocycles. The van der Waals surface area contributed by atoms with Crippen LogP contribution in [0.2, 0.25) is 5.02 Å². The van der Waals surface area contributed by atoms with Crippen molar-refractivity contribution >= 4 is 52.7 Å². The number of likely N-dealkylation sites (tertiary alicyclic amines) is 1. The molecule has 0 unspecified atom stereocenters. The average molecular weight is 1080 g/mol. The summed E-state index contributed by atoms with van der Waals surface area (Å²) >= 11 is 8.40. The molecular weight excluding hydrogens is 1010 g/mol. The molecule has 4 aromatic heterocycles. The molecule has 5 aromatic rings. The highest BCUT2D eigenvalue weighted by atomic mass is 35.5. The fraction of sp³-hybridized carbons (Fsp3) is 0.566. The zero-order valence-electron chi connectivity index (χ0n) is 44.1. The van der Waals surface area contributed by atoms with Crippen LogP contribution < -0.4 is 20.9 Å². The Morgan fingerprint density at radius 3 is 2.39 bits per heavy atom. The summed E-state index contributed by atoms with van der Waals surface area (Å²) in [5.74, 6) is -0.0949. The summed E-state index contributed by atoms with van der Waals surface area (Å²) in [7, 11) is 0. The van der Waals surface area contributed by atoms with E-state index in [9.17, 15) is 24.6 Å². The van der Waals surface area contributed by atoms with Crippen molar-refractivity contribution in [3.8, 4) is 11.3 Å². The van der Waals surface area contributed by atoms with Gasteiger partial charge >= 0.3 is 0 Å². The zero-order valence-corrected chi connectivity index (χ0v) is 45.6. The van der Waals surface area contributed by atoms with Gasteiger partial charge in [0, 0.05) is 119 Å². The molecule has 0 saturated carbocycles. The standard InChI is InChI=1S/C53H71ClFN15O5S/c1-6-69-42(9-17-59-69)38-8-7-36(27-39(38)55)40(61-50(73)43-28-37(72)31-68(43)52(75)47(33(2)3)70-30-34(4)62-63-70)13-18-64-23-25-67(26-24-64)51(74)35-11-19-65(20-12-35)49-46(54)44(10-16-57-49)76-45-29-58-48(41(32-71)60-45)66-21-14-53(5,56)15-22-66/h7-10,16-17,27,29-30,33,35,37,40,43,47,71-72H,6,11-15,18-26,28,31-32,56H2,1-5H3,(H,61,73)/t37-,40+,43+,47+/m1/s1. The van der Waals surface area contributed by atoms with E-state index in [0.717, 1.165) is 30.8 Å². The quantitative estimate of drug-likeness (QED) is 0.0972. The van der Waals surface area contributed by atoms with E-state index in [4.69, 9.17) is 27.3 Å². The third kappa shape index (κ3) is 12.3. The maximum Gasteiger partial charge on any atom is 0.248 e. The molecule has 9 rings (SSSR count). The number of anilines is 2. The summed E-state index contributed by atoms with van der Waals surface area (Å²) in [5, 5.41) is 38.0. The number of β-amino-alcohol motifs (C(OH)–C–C–N with tert-alkyl or cyclic N) is 1. The Kier molecular flexibility index (Phi) is 17.3. The summed E-state index contributed by atoms with van der Waals surface area (Å²) in [5.41, 5.74) is 8.90. The molecular formula is C53H71ClFN15O5S. The first kappa shape index (κ1) is 55.0. The van der Waals surface area contributed by atoms with Gasteiger partial charge in [-0.3, -0.25) is 24.0 Å². The molecule has 408 valence electrons. The van der Waals surface area contributed by atoms with E-state index in [2.05, 4.69) is 47.3 Å². The molecule has 0 bridgehead atoms. The number of aryl methyl sites for hydroxylation is 2. The molecule has 76 heavy (non-hydrogen) atoms. The fourth-order valence-electron chi connectivity index (χ4n) is 11.0. The smallest absolute Gasteiger partial charge is 0.248 e. The van der Waals surface area contributed by atoms with E-state index in [1.54, 1.807) is 48.5 Å². The third-order valence-electron chi connectivity index (χ3n) is 15.4. The van der Waals surface area contributed by atoms with Gasteiger partial charge in [0.25, 0.3) is 0 Å². The summed E-state index contributed by atoms with van der Waals surface area (Å²) in [4.78, 5) is 67.4. The van der Waals surface area contributed by atoms with Crippen LogP contribution in [0.3, 0.4) is 0 Å². The molecule has 1 aromatic carbocycles. The first-order valence-corrected chi connectivity index (χ1v) is 27.8. The van der Waals surface area contributed by atoms with Gasteiger partial charge in [0.05, 0.1) is 41.4 Å². The molecule has 0 aliphatic carbocycles. The minimum Gasteiger partial charge on any atom is -0.391 e. The van der Waals surface area contributed by atoms with Crippen LogP contribution in [0, 0.1) is 24.6 Å². The summed E-state index contributed by atoms with van der Waals surface area (Å²) in [6.45, 7) is 15.5. The van der Waals surface area contributed by atoms with Gasteiger partial charge in [-0.2, -0.15) is 5.10 Å². The van der Waals surface area contributed by atoms with Crippen LogP contribution in [0.15, 0.2) is 65.0 Å². The van der Waals surface area contributed by atoms with Gasteiger partial charge in [0.2, 0.25) is 17.7 Å². The molecule has 3 amide bonds. The lowest BCUT2D eigenvalue weighted by atomic mass is 9.91. The molecule has 8 heterocycles. The van der Waals surface area contributed by atoms with E-state index in [1.807, 2.05) is 37.8 Å². The molecule has 0 spiro atoms. The number of nitrogens with zero attached hydrogens (tertiary/aromatic N) is 13. The topological polar surface area (TPSA) is 233 Å². The number of aromatic nitrogens is 8. The van der Waals surface area contributed by atoms with Crippen molar-refractivity contribution < 1.29 is 29.0 Å². The van der Waals surface area contributed by atoms with Gasteiger partial charge in [-0.15, -0.1) is 5.10 Å². The van der Waals surface area contributed by atoms with Crippen LogP contribution in [0.4, 0.5) is 16.0 Å². The number of pyridine rings is 1. The molecule has 20 nitrogen and oxygen atoms in total. The monoisotopic (exact) mass is 1080 g/mol. The SMILES string of the molecule is CCn1nccc1-c1ccc([C@H](CCN2CCN(C(=O)C3CCN(c4nccc(Sc5cnc(N6CCC(C)(N)CC6)c(CO)n5)c4Cl)CC3)CC2)NC(=O)[C@@H]2C[C@@H](O)CN2C(=O)[C@H](C(C)C)n2cc(C)nn2)cc1F. The van der Waals surface area contributed by atoms with Crippen molar-refractivity contribution in [2.75, 3.05) is 75.2 Å². The maximum atomic E-state index is 16.1. The molecule has 23 heteroatoms. The molecule has 4 saturated heterocycles. The predicted molar refractivity (Wildman–Crippen MR) is 287 cm³/mol. The maximum absolute atomic E-state index is 16.1. The number of aliphatic hydroxyl groups is 2. The number of piperazine rings is 1. The van der Waals surface area contributed by atoms with E-state index >= 15 is 4.39 Å². The van der Waals surface area contributed by atoms with Crippen molar-refractivity contribution in [1.29, 1.82) is 0 Å². The number of rotatable bonds is 17. The van der Waals surface area contributed by atoms with Gasteiger partial charge in [-0.05, 0) is 88.6 Å². The first-order chi connectivity index (χ1) is 36.5. The van der Waals surface area contributed by atoms with Gasteiger partial charge in [-0.25, -0.2) is 24.0 Å². The summed E-state index contributed by atoms with van der Waals surface area (Å²) < 4.78 is 19.4. The number of amides is 3. The van der Waals surface area contributed by atoms with Crippen molar-refractivity contribution in [3.63, 3.8) is 0 Å². The van der Waals surface area contributed by atoms with Gasteiger partial charge in [0.1, 0.15) is 34.4 Å². The van der Waals surface area contributed by atoms with Crippen LogP contribution in [0.1, 0.15) is 95.3 Å². The van der Waals surface area contributed by atoms with Gasteiger partial charge in [0.15, 0.2) is 5.82 Å². The highest BCUT2D eigenvalue weighted by molar-refractivity contribution is 7.99. The third-order valence-corrected chi connectivity index (χ3v) is 16.9. The van der Waals surface area contributed by atoms with E-state index in [-0.39, 0.29) is 48.8 Å². The number of piperidine rings is 2. The first-order valence-electron chi connectivity index (χ1n) is 26.6. The number of aliphatic hydroxyl groups excluding tert-OH is 2. The Morgan fingerprint density at radius 1 is 0.987 bits per heavy atom.